The smallest absolute Gasteiger partial charge is 0.385 e. The van der Waals surface area contributed by atoms with Crippen LogP contribution in [0.3, 0.4) is 0 Å². The predicted molar refractivity (Wildman–Crippen MR) is 76.4 cm³/mol. The van der Waals surface area contributed by atoms with Crippen molar-refractivity contribution >= 4 is 21.8 Å². The molecule has 1 N–H and O–H groups in total. The van der Waals surface area contributed by atoms with Crippen LogP contribution in [0.1, 0.15) is 36.6 Å². The fourth-order valence-electron chi connectivity index (χ4n) is 2.14. The normalized spacial score (nSPS) is 15.1. The van der Waals surface area contributed by atoms with E-state index in [1.54, 1.807) is 7.11 Å². The Hall–Kier alpha value is -1.09. The van der Waals surface area contributed by atoms with Gasteiger partial charge in [0, 0.05) is 26.2 Å². The van der Waals surface area contributed by atoms with E-state index in [0.29, 0.717) is 25.3 Å². The van der Waals surface area contributed by atoms with E-state index in [1.165, 1.54) is 0 Å². The van der Waals surface area contributed by atoms with E-state index >= 15 is 0 Å². The van der Waals surface area contributed by atoms with E-state index in [-0.39, 0.29) is 22.8 Å². The molecule has 0 radical (unpaired) electrons. The molecule has 1 fully saturated rings. The standard InChI is InChI=1S/C13H17BrF3N3O2/c1-22-6-2-5-18-9(21)7-20-11(8-3-4-8)10(14)12(19-20)13(15,16)17/h8H,2-7H2,1H3,(H,18,21). The number of carbonyl (C=O) groups excluding carboxylic acids is 1. The van der Waals surface area contributed by atoms with Crippen molar-refractivity contribution in [3.63, 3.8) is 0 Å². The zero-order valence-electron chi connectivity index (χ0n) is 12.0. The van der Waals surface area contributed by atoms with Crippen LogP contribution in [0, 0.1) is 0 Å². The molecule has 0 spiro atoms. The highest BCUT2D eigenvalue weighted by Gasteiger charge is 2.41. The van der Waals surface area contributed by atoms with Crippen molar-refractivity contribution in [3.8, 4) is 0 Å². The van der Waals surface area contributed by atoms with E-state index in [4.69, 9.17) is 4.74 Å². The number of aromatic nitrogens is 2. The maximum Gasteiger partial charge on any atom is 0.436 e. The number of nitrogens with zero attached hydrogens (tertiary/aromatic N) is 2. The molecular formula is C13H17BrF3N3O2. The summed E-state index contributed by atoms with van der Waals surface area (Å²) in [6.07, 6.45) is -2.26. The van der Waals surface area contributed by atoms with Crippen LogP contribution in [-0.4, -0.2) is 35.9 Å². The molecule has 1 aliphatic rings. The zero-order valence-corrected chi connectivity index (χ0v) is 13.6. The minimum absolute atomic E-state index is 0.0410. The third-order valence-corrected chi connectivity index (χ3v) is 4.09. The van der Waals surface area contributed by atoms with E-state index in [0.717, 1.165) is 17.5 Å². The van der Waals surface area contributed by atoms with Crippen LogP contribution in [0.4, 0.5) is 13.2 Å². The molecule has 2 rings (SSSR count). The fraction of sp³-hybridized carbons (Fsp3) is 0.692. The summed E-state index contributed by atoms with van der Waals surface area (Å²) in [5, 5.41) is 6.23. The number of alkyl halides is 3. The molecule has 0 saturated heterocycles. The molecule has 5 nitrogen and oxygen atoms in total. The molecule has 1 heterocycles. The van der Waals surface area contributed by atoms with Gasteiger partial charge in [-0.05, 0) is 35.2 Å². The highest BCUT2D eigenvalue weighted by molar-refractivity contribution is 9.10. The van der Waals surface area contributed by atoms with Gasteiger partial charge in [-0.15, -0.1) is 0 Å². The van der Waals surface area contributed by atoms with Crippen LogP contribution in [0.5, 0.6) is 0 Å². The lowest BCUT2D eigenvalue weighted by Gasteiger charge is -2.08. The minimum Gasteiger partial charge on any atom is -0.385 e. The molecule has 0 aliphatic heterocycles. The number of halogens is 4. The van der Waals surface area contributed by atoms with Crippen molar-refractivity contribution in [1.82, 2.24) is 15.1 Å². The quantitative estimate of drug-likeness (QED) is 0.736. The molecule has 22 heavy (non-hydrogen) atoms. The number of carbonyl (C=O) groups is 1. The first-order valence-electron chi connectivity index (χ1n) is 6.93. The first kappa shape index (κ1) is 17.3. The van der Waals surface area contributed by atoms with Crippen molar-refractivity contribution in [1.29, 1.82) is 0 Å². The summed E-state index contributed by atoms with van der Waals surface area (Å²) in [4.78, 5) is 11.8. The molecular weight excluding hydrogens is 367 g/mol. The van der Waals surface area contributed by atoms with Crippen LogP contribution in [0.15, 0.2) is 4.47 Å². The Morgan fingerprint density at radius 3 is 2.73 bits per heavy atom. The van der Waals surface area contributed by atoms with Crippen molar-refractivity contribution in [2.45, 2.75) is 37.9 Å². The monoisotopic (exact) mass is 383 g/mol. The molecule has 1 aromatic rings. The second-order valence-corrected chi connectivity index (χ2v) is 5.97. The number of rotatable bonds is 7. The molecule has 9 heteroatoms. The maximum atomic E-state index is 12.9. The van der Waals surface area contributed by atoms with Crippen LogP contribution < -0.4 is 5.32 Å². The third-order valence-electron chi connectivity index (χ3n) is 3.30. The lowest BCUT2D eigenvalue weighted by Crippen LogP contribution is -2.30. The largest absolute Gasteiger partial charge is 0.436 e. The average molecular weight is 384 g/mol. The molecule has 1 aromatic heterocycles. The van der Waals surface area contributed by atoms with Gasteiger partial charge in [0.25, 0.3) is 0 Å². The summed E-state index contributed by atoms with van der Waals surface area (Å²) in [6, 6.07) is 0. The van der Waals surface area contributed by atoms with E-state index in [1.807, 2.05) is 0 Å². The van der Waals surface area contributed by atoms with Gasteiger partial charge < -0.3 is 10.1 Å². The SMILES string of the molecule is COCCCNC(=O)Cn1nc(C(F)(F)F)c(Br)c1C1CC1. The van der Waals surface area contributed by atoms with Gasteiger partial charge in [-0.2, -0.15) is 18.3 Å². The third kappa shape index (κ3) is 4.22. The maximum absolute atomic E-state index is 12.9. The Balaban J connectivity index is 2.08. The lowest BCUT2D eigenvalue weighted by molar-refractivity contribution is -0.142. The molecule has 0 unspecified atom stereocenters. The average Bonchev–Trinajstić information content (AvgIpc) is 3.19. The van der Waals surface area contributed by atoms with Gasteiger partial charge in [0.1, 0.15) is 6.54 Å². The van der Waals surface area contributed by atoms with Crippen molar-refractivity contribution in [2.24, 2.45) is 0 Å². The number of hydrogen-bond donors (Lipinski definition) is 1. The Morgan fingerprint density at radius 1 is 1.50 bits per heavy atom. The van der Waals surface area contributed by atoms with Crippen LogP contribution in [-0.2, 0) is 22.3 Å². The Kier molecular flexibility index (Phi) is 5.49. The number of nitrogens with one attached hydrogen (secondary N) is 1. The topological polar surface area (TPSA) is 56.1 Å². The van der Waals surface area contributed by atoms with E-state index < -0.39 is 11.9 Å². The Labute approximate surface area is 134 Å². The zero-order chi connectivity index (χ0) is 16.3. The van der Waals surface area contributed by atoms with Gasteiger partial charge in [-0.25, -0.2) is 0 Å². The van der Waals surface area contributed by atoms with Gasteiger partial charge >= 0.3 is 6.18 Å². The summed E-state index contributed by atoms with van der Waals surface area (Å²) < 4.78 is 44.8. The number of ether oxygens (including phenoxy) is 1. The highest BCUT2D eigenvalue weighted by Crippen LogP contribution is 2.46. The Morgan fingerprint density at radius 2 is 2.18 bits per heavy atom. The van der Waals surface area contributed by atoms with Gasteiger partial charge in [0.15, 0.2) is 5.69 Å². The van der Waals surface area contributed by atoms with Crippen molar-refractivity contribution in [2.75, 3.05) is 20.3 Å². The van der Waals surface area contributed by atoms with Gasteiger partial charge in [-0.3, -0.25) is 9.48 Å². The molecule has 0 bridgehead atoms. The second-order valence-electron chi connectivity index (χ2n) is 5.17. The van der Waals surface area contributed by atoms with Gasteiger partial charge in [-0.1, -0.05) is 0 Å². The summed E-state index contributed by atoms with van der Waals surface area (Å²) in [6.45, 7) is 0.715. The predicted octanol–water partition coefficient (Wildman–Crippen LogP) is 2.69. The van der Waals surface area contributed by atoms with E-state index in [2.05, 4.69) is 26.3 Å². The van der Waals surface area contributed by atoms with Gasteiger partial charge in [0.05, 0.1) is 10.2 Å². The van der Waals surface area contributed by atoms with Crippen molar-refractivity contribution < 1.29 is 22.7 Å². The molecule has 1 amide bonds. The van der Waals surface area contributed by atoms with Crippen molar-refractivity contribution in [3.05, 3.63) is 15.9 Å². The highest BCUT2D eigenvalue weighted by atomic mass is 79.9. The molecule has 0 atom stereocenters. The number of hydrogen-bond acceptors (Lipinski definition) is 3. The lowest BCUT2D eigenvalue weighted by atomic mass is 10.2. The minimum atomic E-state index is -4.54. The molecule has 1 saturated carbocycles. The molecule has 0 aromatic carbocycles. The van der Waals surface area contributed by atoms with Crippen LogP contribution in [0.25, 0.3) is 0 Å². The fourth-order valence-corrected chi connectivity index (χ4v) is 2.97. The Bertz CT molecular complexity index is 541. The molecule has 124 valence electrons. The number of methoxy groups -OCH3 is 1. The summed E-state index contributed by atoms with van der Waals surface area (Å²) in [7, 11) is 1.56. The first-order valence-corrected chi connectivity index (χ1v) is 7.73. The van der Waals surface area contributed by atoms with Crippen LogP contribution >= 0.6 is 15.9 Å². The van der Waals surface area contributed by atoms with Gasteiger partial charge in [0.2, 0.25) is 5.91 Å². The summed E-state index contributed by atoms with van der Waals surface area (Å²) >= 11 is 2.99. The molecule has 1 aliphatic carbocycles. The number of amides is 1. The summed E-state index contributed by atoms with van der Waals surface area (Å²) in [5.74, 6) is -0.319. The van der Waals surface area contributed by atoms with E-state index in [9.17, 15) is 18.0 Å². The second kappa shape index (κ2) is 6.99. The first-order chi connectivity index (χ1) is 10.3. The summed E-state index contributed by atoms with van der Waals surface area (Å²) in [5.41, 5.74) is -0.513. The van der Waals surface area contributed by atoms with Crippen LogP contribution in [0.2, 0.25) is 0 Å².